The zero-order valence-corrected chi connectivity index (χ0v) is 14.1. The van der Waals surface area contributed by atoms with E-state index in [0.29, 0.717) is 19.7 Å². The lowest BCUT2D eigenvalue weighted by Crippen LogP contribution is -2.43. The fraction of sp³-hybridized carbons (Fsp3) is 0.611. The van der Waals surface area contributed by atoms with E-state index in [1.807, 2.05) is 20.8 Å². The maximum Gasteiger partial charge on any atom is 0.410 e. The van der Waals surface area contributed by atoms with Gasteiger partial charge in [-0.15, -0.1) is 0 Å². The van der Waals surface area contributed by atoms with Gasteiger partial charge in [-0.2, -0.15) is 0 Å². The van der Waals surface area contributed by atoms with Gasteiger partial charge in [0, 0.05) is 13.1 Å². The first kappa shape index (κ1) is 16.8. The third-order valence-corrected chi connectivity index (χ3v) is 3.70. The van der Waals surface area contributed by atoms with Gasteiger partial charge in [-0.3, -0.25) is 0 Å². The van der Waals surface area contributed by atoms with Crippen LogP contribution in [0.15, 0.2) is 24.3 Å². The van der Waals surface area contributed by atoms with E-state index in [2.05, 4.69) is 31.2 Å². The molecule has 0 aliphatic carbocycles. The maximum atomic E-state index is 12.0. The molecule has 0 aromatic heterocycles. The third kappa shape index (κ3) is 5.34. The SMILES string of the molecule is Cc1ccc(COC2CCN(C(=O)OC(C)(C)C)CC2)cc1. The van der Waals surface area contributed by atoms with Crippen molar-refractivity contribution in [3.8, 4) is 0 Å². The van der Waals surface area contributed by atoms with Crippen LogP contribution in [0.2, 0.25) is 0 Å². The fourth-order valence-corrected chi connectivity index (χ4v) is 2.43. The van der Waals surface area contributed by atoms with E-state index < -0.39 is 5.60 Å². The van der Waals surface area contributed by atoms with Gasteiger partial charge in [-0.25, -0.2) is 4.79 Å². The van der Waals surface area contributed by atoms with Gasteiger partial charge in [0.15, 0.2) is 0 Å². The molecule has 1 saturated heterocycles. The molecule has 1 aromatic rings. The molecule has 1 aromatic carbocycles. The van der Waals surface area contributed by atoms with Crippen LogP contribution in [0.25, 0.3) is 0 Å². The molecule has 4 nitrogen and oxygen atoms in total. The molecule has 1 fully saturated rings. The Balaban J connectivity index is 1.73. The molecule has 0 spiro atoms. The predicted molar refractivity (Wildman–Crippen MR) is 86.8 cm³/mol. The Labute approximate surface area is 133 Å². The van der Waals surface area contributed by atoms with Gasteiger partial charge in [0.25, 0.3) is 0 Å². The lowest BCUT2D eigenvalue weighted by Gasteiger charge is -2.33. The second-order valence-electron chi connectivity index (χ2n) is 6.96. The summed E-state index contributed by atoms with van der Waals surface area (Å²) < 4.78 is 11.4. The highest BCUT2D eigenvalue weighted by molar-refractivity contribution is 5.68. The van der Waals surface area contributed by atoms with Gasteiger partial charge in [-0.05, 0) is 46.1 Å². The summed E-state index contributed by atoms with van der Waals surface area (Å²) in [7, 11) is 0. The third-order valence-electron chi connectivity index (χ3n) is 3.70. The summed E-state index contributed by atoms with van der Waals surface area (Å²) in [6.07, 6.45) is 1.74. The summed E-state index contributed by atoms with van der Waals surface area (Å²) >= 11 is 0. The van der Waals surface area contributed by atoms with Gasteiger partial charge in [0.2, 0.25) is 0 Å². The number of nitrogens with zero attached hydrogens (tertiary/aromatic N) is 1. The van der Waals surface area contributed by atoms with Crippen LogP contribution in [0.1, 0.15) is 44.7 Å². The molecule has 1 aliphatic heterocycles. The summed E-state index contributed by atoms with van der Waals surface area (Å²) in [5.41, 5.74) is 2.02. The number of carbonyl (C=O) groups is 1. The Morgan fingerprint density at radius 3 is 2.32 bits per heavy atom. The largest absolute Gasteiger partial charge is 0.444 e. The number of ether oxygens (including phenoxy) is 2. The monoisotopic (exact) mass is 305 g/mol. The van der Waals surface area contributed by atoms with Crippen molar-refractivity contribution in [3.05, 3.63) is 35.4 Å². The molecular weight excluding hydrogens is 278 g/mol. The van der Waals surface area contributed by atoms with Crippen molar-refractivity contribution in [2.45, 2.75) is 58.8 Å². The molecule has 1 heterocycles. The van der Waals surface area contributed by atoms with E-state index in [0.717, 1.165) is 12.8 Å². The molecule has 122 valence electrons. The minimum atomic E-state index is -0.435. The lowest BCUT2D eigenvalue weighted by molar-refractivity contribution is -0.0170. The number of benzene rings is 1. The average molecular weight is 305 g/mol. The minimum Gasteiger partial charge on any atom is -0.444 e. The van der Waals surface area contributed by atoms with Crippen LogP contribution in [-0.2, 0) is 16.1 Å². The maximum absolute atomic E-state index is 12.0. The molecule has 1 aliphatic rings. The van der Waals surface area contributed by atoms with E-state index in [4.69, 9.17) is 9.47 Å². The number of piperidine rings is 1. The zero-order chi connectivity index (χ0) is 16.2. The van der Waals surface area contributed by atoms with Crippen LogP contribution in [0.3, 0.4) is 0 Å². The number of hydrogen-bond acceptors (Lipinski definition) is 3. The van der Waals surface area contributed by atoms with E-state index in [9.17, 15) is 4.79 Å². The quantitative estimate of drug-likeness (QED) is 0.850. The van der Waals surface area contributed by atoms with E-state index in [1.54, 1.807) is 4.90 Å². The number of carbonyl (C=O) groups excluding carboxylic acids is 1. The topological polar surface area (TPSA) is 38.8 Å². The van der Waals surface area contributed by atoms with Crippen LogP contribution in [0.5, 0.6) is 0 Å². The molecule has 2 rings (SSSR count). The first-order valence-corrected chi connectivity index (χ1v) is 7.98. The number of rotatable bonds is 3. The van der Waals surface area contributed by atoms with Crippen LogP contribution in [0.4, 0.5) is 4.79 Å². The Hall–Kier alpha value is -1.55. The van der Waals surface area contributed by atoms with Crippen molar-refractivity contribution < 1.29 is 14.3 Å². The lowest BCUT2D eigenvalue weighted by atomic mass is 10.1. The predicted octanol–water partition coefficient (Wildman–Crippen LogP) is 3.91. The molecule has 0 unspecified atom stereocenters. The van der Waals surface area contributed by atoms with Crippen molar-refractivity contribution >= 4 is 6.09 Å². The molecule has 0 atom stereocenters. The summed E-state index contributed by atoms with van der Waals surface area (Å²) in [6, 6.07) is 8.41. The molecule has 4 heteroatoms. The van der Waals surface area contributed by atoms with Crippen molar-refractivity contribution in [2.75, 3.05) is 13.1 Å². The van der Waals surface area contributed by atoms with Crippen molar-refractivity contribution in [3.63, 3.8) is 0 Å². The Morgan fingerprint density at radius 1 is 1.18 bits per heavy atom. The van der Waals surface area contributed by atoms with Gasteiger partial charge < -0.3 is 14.4 Å². The molecule has 0 N–H and O–H groups in total. The number of amides is 1. The number of hydrogen-bond donors (Lipinski definition) is 0. The number of aryl methyl sites for hydroxylation is 1. The summed E-state index contributed by atoms with van der Waals surface area (Å²) in [5.74, 6) is 0. The van der Waals surface area contributed by atoms with Crippen molar-refractivity contribution in [1.29, 1.82) is 0 Å². The van der Waals surface area contributed by atoms with Gasteiger partial charge in [-0.1, -0.05) is 29.8 Å². The Morgan fingerprint density at radius 2 is 1.77 bits per heavy atom. The second kappa shape index (κ2) is 7.14. The van der Waals surface area contributed by atoms with Gasteiger partial charge >= 0.3 is 6.09 Å². The minimum absolute atomic E-state index is 0.218. The summed E-state index contributed by atoms with van der Waals surface area (Å²) in [5, 5.41) is 0. The van der Waals surface area contributed by atoms with E-state index in [-0.39, 0.29) is 12.2 Å². The molecule has 0 bridgehead atoms. The molecule has 0 radical (unpaired) electrons. The normalized spacial score (nSPS) is 16.6. The smallest absolute Gasteiger partial charge is 0.410 e. The molecule has 22 heavy (non-hydrogen) atoms. The first-order valence-electron chi connectivity index (χ1n) is 7.98. The first-order chi connectivity index (χ1) is 10.3. The van der Waals surface area contributed by atoms with E-state index in [1.165, 1.54) is 11.1 Å². The van der Waals surface area contributed by atoms with E-state index >= 15 is 0 Å². The Bertz CT molecular complexity index is 482. The summed E-state index contributed by atoms with van der Waals surface area (Å²) in [4.78, 5) is 13.8. The molecule has 1 amide bonds. The highest BCUT2D eigenvalue weighted by Crippen LogP contribution is 2.18. The van der Waals surface area contributed by atoms with Crippen LogP contribution < -0.4 is 0 Å². The standard InChI is InChI=1S/C18H27NO3/c1-14-5-7-15(8-6-14)13-21-16-9-11-19(12-10-16)17(20)22-18(2,3)4/h5-8,16H,9-13H2,1-4H3. The summed E-state index contributed by atoms with van der Waals surface area (Å²) in [6.45, 7) is 9.79. The fourth-order valence-electron chi connectivity index (χ4n) is 2.43. The van der Waals surface area contributed by atoms with Crippen LogP contribution in [0, 0.1) is 6.92 Å². The molecular formula is C18H27NO3. The highest BCUT2D eigenvalue weighted by atomic mass is 16.6. The molecule has 0 saturated carbocycles. The number of likely N-dealkylation sites (tertiary alicyclic amines) is 1. The van der Waals surface area contributed by atoms with Crippen LogP contribution in [-0.4, -0.2) is 35.8 Å². The zero-order valence-electron chi connectivity index (χ0n) is 14.1. The average Bonchev–Trinajstić information content (AvgIpc) is 2.45. The van der Waals surface area contributed by atoms with Crippen molar-refractivity contribution in [1.82, 2.24) is 4.90 Å². The van der Waals surface area contributed by atoms with Crippen molar-refractivity contribution in [2.24, 2.45) is 0 Å². The second-order valence-corrected chi connectivity index (χ2v) is 6.96. The van der Waals surface area contributed by atoms with Gasteiger partial charge in [0.1, 0.15) is 5.60 Å². The Kier molecular flexibility index (Phi) is 5.46. The van der Waals surface area contributed by atoms with Crippen LogP contribution >= 0.6 is 0 Å². The highest BCUT2D eigenvalue weighted by Gasteiger charge is 2.27. The van der Waals surface area contributed by atoms with Gasteiger partial charge in [0.05, 0.1) is 12.7 Å².